The zero-order valence-corrected chi connectivity index (χ0v) is 21.2. The molecule has 2 atom stereocenters. The van der Waals surface area contributed by atoms with Gasteiger partial charge in [0.1, 0.15) is 5.82 Å². The van der Waals surface area contributed by atoms with Crippen LogP contribution in [0.4, 0.5) is 15.8 Å². The molecule has 2 amide bonds. The van der Waals surface area contributed by atoms with Gasteiger partial charge in [-0.3, -0.25) is 14.6 Å². The van der Waals surface area contributed by atoms with Crippen LogP contribution in [0, 0.1) is 5.82 Å². The lowest BCUT2D eigenvalue weighted by Gasteiger charge is -2.39. The van der Waals surface area contributed by atoms with E-state index in [-0.39, 0.29) is 35.8 Å². The number of hydrogen-bond donors (Lipinski definition) is 2. The van der Waals surface area contributed by atoms with Gasteiger partial charge in [-0.2, -0.15) is 0 Å². The summed E-state index contributed by atoms with van der Waals surface area (Å²) in [7, 11) is 0. The molecular weight excluding hydrogens is 491 g/mol. The summed E-state index contributed by atoms with van der Waals surface area (Å²) < 4.78 is 13.2. The zero-order valence-electron chi connectivity index (χ0n) is 20.5. The van der Waals surface area contributed by atoms with Crippen molar-refractivity contribution >= 4 is 40.9 Å². The molecule has 2 aliphatic rings. The third kappa shape index (κ3) is 5.67. The van der Waals surface area contributed by atoms with Crippen molar-refractivity contribution < 1.29 is 14.0 Å². The van der Waals surface area contributed by atoms with E-state index in [2.05, 4.69) is 15.6 Å². The normalized spacial score (nSPS) is 20.7. The van der Waals surface area contributed by atoms with Crippen LogP contribution >= 0.6 is 11.6 Å². The van der Waals surface area contributed by atoms with Crippen molar-refractivity contribution in [3.63, 3.8) is 0 Å². The third-order valence-electron chi connectivity index (χ3n) is 7.00. The van der Waals surface area contributed by atoms with E-state index in [1.54, 1.807) is 36.5 Å². The number of benzene rings is 2. The van der Waals surface area contributed by atoms with E-state index in [0.29, 0.717) is 22.0 Å². The molecule has 37 heavy (non-hydrogen) atoms. The first-order valence-corrected chi connectivity index (χ1v) is 12.8. The Hall–Kier alpha value is -3.71. The highest BCUT2D eigenvalue weighted by Gasteiger charge is 2.42. The molecule has 190 valence electrons. The van der Waals surface area contributed by atoms with Crippen LogP contribution in [0.15, 0.2) is 66.9 Å². The summed E-state index contributed by atoms with van der Waals surface area (Å²) in [6.07, 6.45) is 8.62. The molecule has 0 radical (unpaired) electrons. The molecule has 0 aliphatic carbocycles. The van der Waals surface area contributed by atoms with Gasteiger partial charge < -0.3 is 15.5 Å². The van der Waals surface area contributed by atoms with Crippen LogP contribution in [0.25, 0.3) is 17.3 Å². The molecule has 2 bridgehead atoms. The summed E-state index contributed by atoms with van der Waals surface area (Å²) in [5.74, 6) is -0.528. The maximum absolute atomic E-state index is 13.3. The van der Waals surface area contributed by atoms with E-state index in [4.69, 9.17) is 11.6 Å². The van der Waals surface area contributed by atoms with E-state index in [1.165, 1.54) is 19.1 Å². The molecule has 2 unspecified atom stereocenters. The van der Waals surface area contributed by atoms with Crippen molar-refractivity contribution in [2.75, 3.05) is 10.6 Å². The van der Waals surface area contributed by atoms with Gasteiger partial charge in [-0.05, 0) is 85.9 Å². The van der Waals surface area contributed by atoms with Crippen molar-refractivity contribution in [3.8, 4) is 11.3 Å². The molecule has 2 aromatic carbocycles. The molecule has 3 aromatic rings. The number of hydrogen-bond acceptors (Lipinski definition) is 4. The largest absolute Gasteiger partial charge is 0.382 e. The Labute approximate surface area is 220 Å². The maximum atomic E-state index is 13.3. The predicted molar refractivity (Wildman–Crippen MR) is 145 cm³/mol. The lowest BCUT2D eigenvalue weighted by Crippen LogP contribution is -2.49. The van der Waals surface area contributed by atoms with Gasteiger partial charge in [0.2, 0.25) is 11.8 Å². The molecule has 5 rings (SSSR count). The minimum atomic E-state index is -0.257. The summed E-state index contributed by atoms with van der Waals surface area (Å²) >= 11 is 6.51. The van der Waals surface area contributed by atoms with Gasteiger partial charge in [0, 0.05) is 54.3 Å². The second-order valence-electron chi connectivity index (χ2n) is 9.60. The first kappa shape index (κ1) is 25.0. The molecule has 0 spiro atoms. The Balaban J connectivity index is 1.34. The number of nitrogens with one attached hydrogen (secondary N) is 2. The summed E-state index contributed by atoms with van der Waals surface area (Å²) in [5.41, 5.74) is 3.52. The SMILES string of the molecule is CC(=O)Nc1cc(Cl)c(-c2ccccn2)cc1/C=C/C(=O)N1C2CCC1CC(Nc1ccc(F)cc1)C2. The van der Waals surface area contributed by atoms with Gasteiger partial charge in [0.15, 0.2) is 0 Å². The number of carbonyl (C=O) groups excluding carboxylic acids is 2. The van der Waals surface area contributed by atoms with Gasteiger partial charge >= 0.3 is 0 Å². The molecule has 8 heteroatoms. The standard InChI is InChI=1S/C29H28ClFN4O2/c1-18(36)33-28-17-26(30)25(27-4-2-3-13-32-27)14-19(28)5-12-29(37)35-23-10-11-24(35)16-22(15-23)34-21-8-6-20(31)7-9-21/h2-9,12-14,17,22-24,34H,10-11,15-16H2,1H3,(H,33,36)/b12-5+. The van der Waals surface area contributed by atoms with E-state index in [9.17, 15) is 14.0 Å². The number of rotatable bonds is 6. The molecule has 2 N–H and O–H groups in total. The van der Waals surface area contributed by atoms with Crippen LogP contribution in [0.1, 0.15) is 38.2 Å². The first-order valence-electron chi connectivity index (χ1n) is 12.4. The van der Waals surface area contributed by atoms with Crippen LogP contribution in [0.3, 0.4) is 0 Å². The molecule has 2 saturated heterocycles. The van der Waals surface area contributed by atoms with Gasteiger partial charge in [-0.15, -0.1) is 0 Å². The van der Waals surface area contributed by atoms with Crippen LogP contribution in [-0.2, 0) is 9.59 Å². The Morgan fingerprint density at radius 1 is 1.08 bits per heavy atom. The Kier molecular flexibility index (Phi) is 7.24. The van der Waals surface area contributed by atoms with Gasteiger partial charge in [0.05, 0.1) is 10.7 Å². The van der Waals surface area contributed by atoms with E-state index >= 15 is 0 Å². The monoisotopic (exact) mass is 518 g/mol. The number of halogens is 2. The summed E-state index contributed by atoms with van der Waals surface area (Å²) in [6, 6.07) is 16.0. The lowest BCUT2D eigenvalue weighted by atomic mass is 9.96. The van der Waals surface area contributed by atoms with Crippen molar-refractivity contribution in [2.24, 2.45) is 0 Å². The van der Waals surface area contributed by atoms with E-state index in [0.717, 1.165) is 36.9 Å². The Morgan fingerprint density at radius 3 is 2.46 bits per heavy atom. The smallest absolute Gasteiger partial charge is 0.247 e. The molecule has 3 heterocycles. The molecule has 2 fully saturated rings. The van der Waals surface area contributed by atoms with Gasteiger partial charge in [0.25, 0.3) is 0 Å². The average molecular weight is 519 g/mol. The quantitative estimate of drug-likeness (QED) is 0.384. The van der Waals surface area contributed by atoms with Crippen molar-refractivity contribution in [2.45, 2.75) is 50.7 Å². The fourth-order valence-corrected chi connectivity index (χ4v) is 5.69. The highest BCUT2D eigenvalue weighted by molar-refractivity contribution is 6.33. The minimum absolute atomic E-state index is 0.0455. The molecular formula is C29H28ClFN4O2. The zero-order chi connectivity index (χ0) is 25.9. The molecule has 1 aromatic heterocycles. The molecule has 6 nitrogen and oxygen atoms in total. The first-order chi connectivity index (χ1) is 17.9. The van der Waals surface area contributed by atoms with Crippen LogP contribution in [0.5, 0.6) is 0 Å². The van der Waals surface area contributed by atoms with Crippen molar-refractivity contribution in [1.82, 2.24) is 9.88 Å². The Morgan fingerprint density at radius 2 is 1.81 bits per heavy atom. The average Bonchev–Trinajstić information content (AvgIpc) is 3.15. The predicted octanol–water partition coefficient (Wildman–Crippen LogP) is 6.15. The summed E-state index contributed by atoms with van der Waals surface area (Å²) in [5, 5.41) is 6.76. The van der Waals surface area contributed by atoms with Crippen LogP contribution in [0.2, 0.25) is 5.02 Å². The topological polar surface area (TPSA) is 74.3 Å². The number of carbonyl (C=O) groups is 2. The number of aromatic nitrogens is 1. The molecule has 0 saturated carbocycles. The Bertz CT molecular complexity index is 1320. The fraction of sp³-hybridized carbons (Fsp3) is 0.276. The highest BCUT2D eigenvalue weighted by atomic mass is 35.5. The lowest BCUT2D eigenvalue weighted by molar-refractivity contribution is -0.130. The second kappa shape index (κ2) is 10.7. The highest BCUT2D eigenvalue weighted by Crippen LogP contribution is 2.38. The van der Waals surface area contributed by atoms with Crippen LogP contribution < -0.4 is 10.6 Å². The number of amides is 2. The number of anilines is 2. The second-order valence-corrected chi connectivity index (χ2v) is 10.0. The summed E-state index contributed by atoms with van der Waals surface area (Å²) in [6.45, 7) is 1.43. The van der Waals surface area contributed by atoms with Crippen molar-refractivity contribution in [1.29, 1.82) is 0 Å². The van der Waals surface area contributed by atoms with E-state index in [1.807, 2.05) is 29.2 Å². The van der Waals surface area contributed by atoms with Crippen molar-refractivity contribution in [3.05, 3.63) is 83.3 Å². The van der Waals surface area contributed by atoms with Gasteiger partial charge in [-0.25, -0.2) is 4.39 Å². The fourth-order valence-electron chi connectivity index (χ4n) is 5.43. The number of fused-ring (bicyclic) bond motifs is 2. The molecule has 2 aliphatic heterocycles. The number of piperidine rings is 1. The number of pyridine rings is 1. The third-order valence-corrected chi connectivity index (χ3v) is 7.31. The maximum Gasteiger partial charge on any atom is 0.247 e. The van der Waals surface area contributed by atoms with Gasteiger partial charge in [-0.1, -0.05) is 17.7 Å². The van der Waals surface area contributed by atoms with E-state index < -0.39 is 0 Å². The van der Waals surface area contributed by atoms with Crippen LogP contribution in [-0.4, -0.2) is 39.8 Å². The number of nitrogens with zero attached hydrogens (tertiary/aromatic N) is 2. The minimum Gasteiger partial charge on any atom is -0.382 e. The summed E-state index contributed by atoms with van der Waals surface area (Å²) in [4.78, 5) is 31.5.